The molecule has 0 rings (SSSR count). The van der Waals surface area contributed by atoms with E-state index in [2.05, 4.69) is 13.0 Å². The Morgan fingerprint density at radius 3 is 2.22 bits per heavy atom. The van der Waals surface area contributed by atoms with Crippen LogP contribution >= 0.6 is 23.0 Å². The van der Waals surface area contributed by atoms with E-state index >= 15 is 0 Å². The molecule has 8 heteroatoms. The minimum absolute atomic E-state index is 0.454. The molecule has 0 saturated heterocycles. The predicted octanol–water partition coefficient (Wildman–Crippen LogP) is 0.276. The van der Waals surface area contributed by atoms with E-state index in [1.807, 2.05) is 0 Å². The van der Waals surface area contributed by atoms with Gasteiger partial charge in [-0.05, 0) is 0 Å². The average molecular weight is 250 g/mol. The number of nitrogens with zero attached hydrogens (tertiary/aromatic N) is 2. The third kappa shape index (κ3) is 3.94. The van der Waals surface area contributed by atoms with Gasteiger partial charge in [-0.1, -0.05) is 0 Å². The summed E-state index contributed by atoms with van der Waals surface area (Å²) in [6, 6.07) is 0. The average Bonchev–Trinajstić information content (AvgIpc) is 1.87. The van der Waals surface area contributed by atoms with Gasteiger partial charge in [0.1, 0.15) is 23.0 Å². The molecule has 0 saturated carbocycles. The van der Waals surface area contributed by atoms with Crippen LogP contribution in [0.5, 0.6) is 0 Å². The van der Waals surface area contributed by atoms with Crippen molar-refractivity contribution in [2.24, 2.45) is 0 Å². The Bertz CT molecular complexity index is 72.0. The first-order chi connectivity index (χ1) is 4.22. The van der Waals surface area contributed by atoms with Gasteiger partial charge in [-0.3, -0.25) is 0 Å². The van der Waals surface area contributed by atoms with Gasteiger partial charge in [0.15, 0.2) is 0 Å². The number of hydrogen-bond donors (Lipinski definition) is 0. The fourth-order valence-corrected chi connectivity index (χ4v) is 0.260. The number of rotatable bonds is 4. The van der Waals surface area contributed by atoms with Crippen molar-refractivity contribution < 1.29 is 13.0 Å². The van der Waals surface area contributed by atoms with Crippen LogP contribution in [-0.4, -0.2) is 17.8 Å². The van der Waals surface area contributed by atoms with E-state index in [0.29, 0.717) is 0 Å². The van der Waals surface area contributed by atoms with Crippen LogP contribution in [0.4, 0.5) is 0 Å². The molecule has 0 bridgehead atoms. The van der Waals surface area contributed by atoms with Crippen LogP contribution in [0, 0.1) is 10.4 Å². The molecule has 0 radical (unpaired) electrons. The molecule has 0 heterocycles. The van der Waals surface area contributed by atoms with Gasteiger partial charge in [0.25, 0.3) is 0 Å². The maximum atomic E-state index is 10.0. The van der Waals surface area contributed by atoms with E-state index in [4.69, 9.17) is 0 Å². The summed E-state index contributed by atoms with van der Waals surface area (Å²) in [5.74, 6) is 0. The molecule has 0 spiro atoms. The summed E-state index contributed by atoms with van der Waals surface area (Å²) in [5, 5.41) is 19.0. The first-order valence-electron chi connectivity index (χ1n) is 1.66. The lowest BCUT2D eigenvalue weighted by Crippen LogP contribution is -2.30. The molecule has 0 amide bonds. The molecule has 0 aromatic heterocycles. The van der Waals surface area contributed by atoms with Crippen molar-refractivity contribution >= 4 is 23.0 Å². The van der Waals surface area contributed by atoms with Crippen molar-refractivity contribution in [2.75, 3.05) is 7.11 Å². The Balaban J connectivity index is 3.32. The van der Waals surface area contributed by atoms with E-state index in [-0.39, 0.29) is 0 Å². The zero-order valence-electron chi connectivity index (χ0n) is 4.31. The van der Waals surface area contributed by atoms with E-state index in [1.165, 1.54) is 23.0 Å². The third-order valence-electron chi connectivity index (χ3n) is 0.331. The molecule has 0 aromatic rings. The normalized spacial score (nSPS) is 11.3. The van der Waals surface area contributed by atoms with Crippen molar-refractivity contribution in [2.45, 2.75) is 0 Å². The van der Waals surface area contributed by atoms with Crippen LogP contribution in [-0.2, 0) is 13.0 Å². The van der Waals surface area contributed by atoms with Crippen LogP contribution in [0.1, 0.15) is 0 Å². The van der Waals surface area contributed by atoms with Gasteiger partial charge in [-0.2, -0.15) is 5.34 Å². The highest BCUT2D eigenvalue weighted by atomic mass is 127. The SMILES string of the molecule is COON([O-])N([O-])OI. The highest BCUT2D eigenvalue weighted by Gasteiger charge is 1.91. The zero-order valence-corrected chi connectivity index (χ0v) is 6.47. The lowest BCUT2D eigenvalue weighted by Gasteiger charge is -2.36. The van der Waals surface area contributed by atoms with Gasteiger partial charge in [0.05, 0.1) is 7.11 Å². The summed E-state index contributed by atoms with van der Waals surface area (Å²) in [6.45, 7) is 0. The van der Waals surface area contributed by atoms with Crippen LogP contribution in [0.2, 0.25) is 0 Å². The smallest absolute Gasteiger partial charge is 0.137 e. The fourth-order valence-electron chi connectivity index (χ4n) is 0.116. The molecular formula is CH3IN2O5-2. The van der Waals surface area contributed by atoms with Gasteiger partial charge < -0.3 is 10.4 Å². The largest absolute Gasteiger partial charge is 0.746 e. The minimum Gasteiger partial charge on any atom is -0.746 e. The maximum absolute atomic E-state index is 10.0. The summed E-state index contributed by atoms with van der Waals surface area (Å²) in [6.07, 6.45) is 0. The topological polar surface area (TPSA) is 80.3 Å². The molecule has 9 heavy (non-hydrogen) atoms. The van der Waals surface area contributed by atoms with E-state index in [9.17, 15) is 10.4 Å². The summed E-state index contributed by atoms with van der Waals surface area (Å²) in [4.78, 5) is 7.47. The Hall–Kier alpha value is 0.450. The highest BCUT2D eigenvalue weighted by molar-refractivity contribution is 14.1. The first-order valence-corrected chi connectivity index (χ1v) is 2.54. The summed E-state index contributed by atoms with van der Waals surface area (Å²) in [5.41, 5.74) is 0. The molecule has 56 valence electrons. The van der Waals surface area contributed by atoms with Crippen molar-refractivity contribution in [3.8, 4) is 0 Å². The molecule has 0 aliphatic rings. The second kappa shape index (κ2) is 5.25. The van der Waals surface area contributed by atoms with Crippen molar-refractivity contribution in [1.82, 2.24) is 10.7 Å². The molecule has 0 aliphatic heterocycles. The monoisotopic (exact) mass is 250 g/mol. The molecule has 0 fully saturated rings. The van der Waals surface area contributed by atoms with E-state index in [1.54, 1.807) is 0 Å². The lowest BCUT2D eigenvalue weighted by molar-refractivity contribution is -0.471. The second-order valence-corrected chi connectivity index (χ2v) is 1.18. The van der Waals surface area contributed by atoms with Crippen LogP contribution in [0.3, 0.4) is 0 Å². The molecule has 0 aromatic carbocycles. The number of halogens is 1. The Labute approximate surface area is 64.7 Å². The van der Waals surface area contributed by atoms with Crippen molar-refractivity contribution in [1.29, 1.82) is 0 Å². The highest BCUT2D eigenvalue weighted by Crippen LogP contribution is 1.99. The minimum atomic E-state index is -0.521. The standard InChI is InChI=1S/CH3IN2O5/c1-7-9-4(6)3(5)8-2/h1H3/q-2. The summed E-state index contributed by atoms with van der Waals surface area (Å²) < 4.78 is 3.82. The Kier molecular flexibility index (Phi) is 5.51. The summed E-state index contributed by atoms with van der Waals surface area (Å²) in [7, 11) is 1.08. The van der Waals surface area contributed by atoms with Gasteiger partial charge in [-0.15, -0.1) is 10.3 Å². The summed E-state index contributed by atoms with van der Waals surface area (Å²) >= 11 is 1.20. The van der Waals surface area contributed by atoms with Gasteiger partial charge in [0, 0.05) is 0 Å². The Morgan fingerprint density at radius 1 is 1.33 bits per heavy atom. The van der Waals surface area contributed by atoms with Crippen LogP contribution in [0.15, 0.2) is 0 Å². The van der Waals surface area contributed by atoms with Crippen LogP contribution < -0.4 is 0 Å². The third-order valence-corrected chi connectivity index (χ3v) is 0.668. The van der Waals surface area contributed by atoms with Crippen LogP contribution in [0.25, 0.3) is 0 Å². The predicted molar refractivity (Wildman–Crippen MR) is 33.6 cm³/mol. The quantitative estimate of drug-likeness (QED) is 0.402. The van der Waals surface area contributed by atoms with Crippen molar-refractivity contribution in [3.05, 3.63) is 10.4 Å². The van der Waals surface area contributed by atoms with Gasteiger partial charge in [0.2, 0.25) is 0 Å². The van der Waals surface area contributed by atoms with Crippen molar-refractivity contribution in [3.63, 3.8) is 0 Å². The maximum Gasteiger partial charge on any atom is 0.137 e. The molecular weight excluding hydrogens is 247 g/mol. The molecule has 0 unspecified atom stereocenters. The van der Waals surface area contributed by atoms with Gasteiger partial charge in [-0.25, -0.2) is 8.05 Å². The number of hydrazine groups is 1. The molecule has 7 nitrogen and oxygen atoms in total. The molecule has 0 N–H and O–H groups in total. The fraction of sp³-hybridized carbons (Fsp3) is 1.00. The van der Waals surface area contributed by atoms with E-state index in [0.717, 1.165) is 7.11 Å². The zero-order chi connectivity index (χ0) is 7.28. The Morgan fingerprint density at radius 2 is 1.89 bits per heavy atom. The van der Waals surface area contributed by atoms with E-state index < -0.39 is 10.7 Å². The number of hydrogen-bond acceptors (Lipinski definition) is 7. The second-order valence-electron chi connectivity index (χ2n) is 0.786. The molecule has 0 aliphatic carbocycles. The molecule has 0 atom stereocenters. The van der Waals surface area contributed by atoms with Gasteiger partial charge >= 0.3 is 0 Å². The first kappa shape index (κ1) is 9.45. The lowest BCUT2D eigenvalue weighted by atomic mass is 11.8.